The van der Waals surface area contributed by atoms with Crippen molar-refractivity contribution in [2.45, 2.75) is 39.3 Å². The first-order chi connectivity index (χ1) is 19.7. The molecule has 0 unspecified atom stereocenters. The standard InChI is InChI=1S/C32H36N4O5/c1-20(2)41-30-13-12-24(22-8-10-23(11-9-22)31(39)34-15-14-33-21(3)38)17-28(30)32(40)36-26(19-37)16-25-18-35-29-7-5-4-6-27(25)29/h4-13,17-18,20,26,35,37H,14-16,19H2,1-3H3,(H,33,38)(H,34,39)(H,36,40)/t26-/m1/s1. The molecule has 0 saturated carbocycles. The van der Waals surface area contributed by atoms with Crippen molar-refractivity contribution in [3.63, 3.8) is 0 Å². The van der Waals surface area contributed by atoms with Crippen molar-refractivity contribution >= 4 is 28.6 Å². The first-order valence-corrected chi connectivity index (χ1v) is 13.7. The smallest absolute Gasteiger partial charge is 0.255 e. The summed E-state index contributed by atoms with van der Waals surface area (Å²) in [6.45, 7) is 5.66. The van der Waals surface area contributed by atoms with E-state index in [0.29, 0.717) is 36.4 Å². The van der Waals surface area contributed by atoms with E-state index in [-0.39, 0.29) is 30.4 Å². The lowest BCUT2D eigenvalue weighted by atomic mass is 10.00. The summed E-state index contributed by atoms with van der Waals surface area (Å²) in [5, 5.41) is 19.5. The van der Waals surface area contributed by atoms with Crippen molar-refractivity contribution in [3.05, 3.63) is 89.6 Å². The number of carbonyl (C=O) groups excluding carboxylic acids is 3. The number of aliphatic hydroxyl groups is 1. The molecule has 9 heteroatoms. The van der Waals surface area contributed by atoms with Gasteiger partial charge in [0.1, 0.15) is 5.75 Å². The number of aromatic amines is 1. The van der Waals surface area contributed by atoms with E-state index >= 15 is 0 Å². The lowest BCUT2D eigenvalue weighted by Gasteiger charge is -2.19. The fourth-order valence-electron chi connectivity index (χ4n) is 4.56. The van der Waals surface area contributed by atoms with Crippen molar-refractivity contribution in [1.82, 2.24) is 20.9 Å². The summed E-state index contributed by atoms with van der Waals surface area (Å²) in [5.74, 6) is -0.299. The predicted molar refractivity (Wildman–Crippen MR) is 159 cm³/mol. The van der Waals surface area contributed by atoms with E-state index in [4.69, 9.17) is 4.74 Å². The maximum Gasteiger partial charge on any atom is 0.255 e. The van der Waals surface area contributed by atoms with Crippen LogP contribution in [0.1, 0.15) is 47.1 Å². The van der Waals surface area contributed by atoms with Crippen molar-refractivity contribution in [2.24, 2.45) is 0 Å². The molecule has 4 rings (SSSR count). The molecule has 3 amide bonds. The van der Waals surface area contributed by atoms with Crippen LogP contribution in [0.4, 0.5) is 0 Å². The van der Waals surface area contributed by atoms with Crippen LogP contribution in [-0.2, 0) is 11.2 Å². The van der Waals surface area contributed by atoms with Gasteiger partial charge in [-0.1, -0.05) is 36.4 Å². The highest BCUT2D eigenvalue weighted by atomic mass is 16.5. The number of nitrogens with one attached hydrogen (secondary N) is 4. The molecule has 0 bridgehead atoms. The molecule has 214 valence electrons. The second kappa shape index (κ2) is 13.6. The van der Waals surface area contributed by atoms with Crippen molar-refractivity contribution in [1.29, 1.82) is 0 Å². The fraction of sp³-hybridized carbons (Fsp3) is 0.281. The quantitative estimate of drug-likeness (QED) is 0.169. The van der Waals surface area contributed by atoms with Crippen molar-refractivity contribution < 1.29 is 24.2 Å². The second-order valence-corrected chi connectivity index (χ2v) is 10.1. The number of amides is 3. The molecule has 0 aliphatic carbocycles. The molecule has 1 heterocycles. The van der Waals surface area contributed by atoms with Gasteiger partial charge in [0.2, 0.25) is 5.91 Å². The SMILES string of the molecule is CC(=O)NCCNC(=O)c1ccc(-c2ccc(OC(C)C)c(C(=O)N[C@@H](CO)Cc3c[nH]c4ccccc34)c2)cc1. The fourth-order valence-corrected chi connectivity index (χ4v) is 4.56. The average molecular weight is 557 g/mol. The van der Waals surface area contributed by atoms with E-state index in [9.17, 15) is 19.5 Å². The van der Waals surface area contributed by atoms with Crippen molar-refractivity contribution in [3.8, 4) is 16.9 Å². The molecule has 5 N–H and O–H groups in total. The highest BCUT2D eigenvalue weighted by Crippen LogP contribution is 2.28. The minimum atomic E-state index is -0.499. The van der Waals surface area contributed by atoms with Gasteiger partial charge in [0, 0.05) is 42.7 Å². The molecule has 9 nitrogen and oxygen atoms in total. The molecule has 0 saturated heterocycles. The van der Waals surface area contributed by atoms with Crippen LogP contribution in [0.2, 0.25) is 0 Å². The minimum absolute atomic E-state index is 0.143. The summed E-state index contributed by atoms with van der Waals surface area (Å²) in [7, 11) is 0. The van der Waals surface area contributed by atoms with Crippen LogP contribution in [-0.4, -0.2) is 59.7 Å². The van der Waals surface area contributed by atoms with Gasteiger partial charge in [0.05, 0.1) is 24.3 Å². The molecule has 0 aliphatic rings. The number of aliphatic hydroxyl groups excluding tert-OH is 1. The van der Waals surface area contributed by atoms with Crippen LogP contribution in [0.15, 0.2) is 72.9 Å². The summed E-state index contributed by atoms with van der Waals surface area (Å²) in [6.07, 6.45) is 2.22. The zero-order chi connectivity index (χ0) is 29.4. The summed E-state index contributed by atoms with van der Waals surface area (Å²) >= 11 is 0. The Morgan fingerprint density at radius 3 is 2.32 bits per heavy atom. The van der Waals surface area contributed by atoms with Crippen molar-refractivity contribution in [2.75, 3.05) is 19.7 Å². The van der Waals surface area contributed by atoms with Gasteiger partial charge in [-0.05, 0) is 67.3 Å². The van der Waals surface area contributed by atoms with E-state index in [1.807, 2.05) is 62.5 Å². The molecule has 1 aromatic heterocycles. The Balaban J connectivity index is 1.50. The van der Waals surface area contributed by atoms with Gasteiger partial charge in [-0.15, -0.1) is 0 Å². The summed E-state index contributed by atoms with van der Waals surface area (Å²) in [5.41, 5.74) is 4.44. The molecular formula is C32H36N4O5. The van der Waals surface area contributed by atoms with E-state index in [1.54, 1.807) is 24.3 Å². The van der Waals surface area contributed by atoms with Crippen LogP contribution in [0.3, 0.4) is 0 Å². The Kier molecular flexibility index (Phi) is 9.76. The molecule has 0 spiro atoms. The van der Waals surface area contributed by atoms with Crippen LogP contribution in [0, 0.1) is 0 Å². The van der Waals surface area contributed by atoms with E-state index in [0.717, 1.165) is 27.6 Å². The lowest BCUT2D eigenvalue weighted by molar-refractivity contribution is -0.118. The Hall–Kier alpha value is -4.63. The normalized spacial score (nSPS) is 11.7. The van der Waals surface area contributed by atoms with Crippen LogP contribution < -0.4 is 20.7 Å². The van der Waals surface area contributed by atoms with E-state index in [1.165, 1.54) is 6.92 Å². The summed E-state index contributed by atoms with van der Waals surface area (Å²) in [6, 6.07) is 19.9. The zero-order valence-corrected chi connectivity index (χ0v) is 23.5. The number of ether oxygens (including phenoxy) is 1. The van der Waals surface area contributed by atoms with Gasteiger partial charge in [-0.25, -0.2) is 0 Å². The number of fused-ring (bicyclic) bond motifs is 1. The molecular weight excluding hydrogens is 520 g/mol. The largest absolute Gasteiger partial charge is 0.490 e. The Labute approximate surface area is 239 Å². The number of aromatic nitrogens is 1. The van der Waals surface area contributed by atoms with Crippen LogP contribution in [0.25, 0.3) is 22.0 Å². The van der Waals surface area contributed by atoms with Gasteiger partial charge >= 0.3 is 0 Å². The molecule has 41 heavy (non-hydrogen) atoms. The van der Waals surface area contributed by atoms with Crippen LogP contribution >= 0.6 is 0 Å². The highest BCUT2D eigenvalue weighted by Gasteiger charge is 2.20. The number of rotatable bonds is 12. The number of carbonyl (C=O) groups is 3. The van der Waals surface area contributed by atoms with E-state index < -0.39 is 6.04 Å². The zero-order valence-electron chi connectivity index (χ0n) is 23.5. The first kappa shape index (κ1) is 29.4. The summed E-state index contributed by atoms with van der Waals surface area (Å²) in [4.78, 5) is 40.2. The number of para-hydroxylation sites is 1. The number of benzene rings is 3. The Morgan fingerprint density at radius 1 is 0.902 bits per heavy atom. The molecule has 0 fully saturated rings. The Bertz CT molecular complexity index is 1510. The topological polar surface area (TPSA) is 133 Å². The van der Waals surface area contributed by atoms with Gasteiger partial charge in [-0.3, -0.25) is 14.4 Å². The minimum Gasteiger partial charge on any atom is -0.490 e. The average Bonchev–Trinajstić information content (AvgIpc) is 3.37. The van der Waals surface area contributed by atoms with Gasteiger partial charge in [0.25, 0.3) is 11.8 Å². The number of hydrogen-bond acceptors (Lipinski definition) is 5. The monoisotopic (exact) mass is 556 g/mol. The van der Waals surface area contributed by atoms with Gasteiger partial charge in [0.15, 0.2) is 0 Å². The Morgan fingerprint density at radius 2 is 1.61 bits per heavy atom. The number of H-pyrrole nitrogens is 1. The predicted octanol–water partition coefficient (Wildman–Crippen LogP) is 3.82. The molecule has 4 aromatic rings. The highest BCUT2D eigenvalue weighted by molar-refractivity contribution is 5.99. The molecule has 3 aromatic carbocycles. The third kappa shape index (κ3) is 7.73. The molecule has 0 aliphatic heterocycles. The molecule has 0 radical (unpaired) electrons. The summed E-state index contributed by atoms with van der Waals surface area (Å²) < 4.78 is 5.94. The van der Waals surface area contributed by atoms with E-state index in [2.05, 4.69) is 20.9 Å². The second-order valence-electron chi connectivity index (χ2n) is 10.1. The maximum absolute atomic E-state index is 13.5. The first-order valence-electron chi connectivity index (χ1n) is 13.7. The number of hydrogen-bond donors (Lipinski definition) is 5. The van der Waals surface area contributed by atoms with Crippen LogP contribution in [0.5, 0.6) is 5.75 Å². The third-order valence-corrected chi connectivity index (χ3v) is 6.55. The third-order valence-electron chi connectivity index (χ3n) is 6.55. The maximum atomic E-state index is 13.5. The van der Waals surface area contributed by atoms with Gasteiger partial charge in [-0.2, -0.15) is 0 Å². The lowest BCUT2D eigenvalue weighted by Crippen LogP contribution is -2.39. The van der Waals surface area contributed by atoms with Gasteiger partial charge < -0.3 is 30.8 Å². The molecule has 1 atom stereocenters.